The quantitative estimate of drug-likeness (QED) is 0.543. The van der Waals surface area contributed by atoms with Crippen molar-refractivity contribution in [3.63, 3.8) is 0 Å². The molecule has 32 heavy (non-hydrogen) atoms. The van der Waals surface area contributed by atoms with E-state index in [0.29, 0.717) is 10.9 Å². The average molecular weight is 460 g/mol. The van der Waals surface area contributed by atoms with Gasteiger partial charge in [0, 0.05) is 37.1 Å². The molecule has 1 saturated heterocycles. The number of halogens is 1. The van der Waals surface area contributed by atoms with E-state index in [1.54, 1.807) is 31.2 Å². The standard InChI is InChI=1S/C22H21FN2O6S/c1-15-17-8-5-9-18(23)21(17)31-20(15)22(27)30-14-19(26)24-10-12-25(13-11-24)32(28,29)16-6-3-2-4-7-16/h2-9H,10-14H2,1H3. The van der Waals surface area contributed by atoms with E-state index in [2.05, 4.69) is 0 Å². The molecule has 0 atom stereocenters. The van der Waals surface area contributed by atoms with Gasteiger partial charge in [0.05, 0.1) is 4.90 Å². The highest BCUT2D eigenvalue weighted by Crippen LogP contribution is 2.27. The number of nitrogens with zero attached hydrogens (tertiary/aromatic N) is 2. The van der Waals surface area contributed by atoms with Gasteiger partial charge in [-0.2, -0.15) is 4.31 Å². The van der Waals surface area contributed by atoms with Crippen molar-refractivity contribution in [1.29, 1.82) is 0 Å². The Kier molecular flexibility index (Phi) is 5.98. The van der Waals surface area contributed by atoms with Crippen molar-refractivity contribution in [3.8, 4) is 0 Å². The molecule has 0 saturated carbocycles. The first-order valence-electron chi connectivity index (χ1n) is 9.97. The summed E-state index contributed by atoms with van der Waals surface area (Å²) < 4.78 is 51.0. The van der Waals surface area contributed by atoms with Gasteiger partial charge in [-0.3, -0.25) is 4.79 Å². The number of carbonyl (C=O) groups is 2. The van der Waals surface area contributed by atoms with Gasteiger partial charge in [-0.1, -0.05) is 30.3 Å². The summed E-state index contributed by atoms with van der Waals surface area (Å²) in [5.41, 5.74) is 0.385. The summed E-state index contributed by atoms with van der Waals surface area (Å²) in [6, 6.07) is 12.5. The molecule has 10 heteroatoms. The minimum absolute atomic E-state index is 0.0426. The van der Waals surface area contributed by atoms with Crippen LogP contribution in [0.1, 0.15) is 16.1 Å². The van der Waals surface area contributed by atoms with Crippen molar-refractivity contribution < 1.29 is 31.6 Å². The lowest BCUT2D eigenvalue weighted by molar-refractivity contribution is -0.135. The van der Waals surface area contributed by atoms with Crippen LogP contribution in [-0.2, 0) is 19.6 Å². The molecule has 0 bridgehead atoms. The Morgan fingerprint density at radius 2 is 1.72 bits per heavy atom. The van der Waals surface area contributed by atoms with E-state index in [1.165, 1.54) is 33.5 Å². The molecule has 0 aliphatic carbocycles. The van der Waals surface area contributed by atoms with Crippen molar-refractivity contribution in [2.45, 2.75) is 11.8 Å². The van der Waals surface area contributed by atoms with E-state index < -0.39 is 34.3 Å². The lowest BCUT2D eigenvalue weighted by atomic mass is 10.1. The molecule has 4 rings (SSSR count). The number of furan rings is 1. The number of carbonyl (C=O) groups excluding carboxylic acids is 2. The average Bonchev–Trinajstić information content (AvgIpc) is 3.16. The number of fused-ring (bicyclic) bond motifs is 1. The van der Waals surface area contributed by atoms with Crippen LogP contribution in [0.2, 0.25) is 0 Å². The predicted octanol–water partition coefficient (Wildman–Crippen LogP) is 2.57. The summed E-state index contributed by atoms with van der Waals surface area (Å²) in [6.45, 7) is 1.71. The number of rotatable bonds is 5. The maximum atomic E-state index is 13.9. The van der Waals surface area contributed by atoms with Crippen LogP contribution < -0.4 is 0 Å². The zero-order chi connectivity index (χ0) is 22.9. The van der Waals surface area contributed by atoms with Crippen LogP contribution in [0.3, 0.4) is 0 Å². The molecular weight excluding hydrogens is 439 g/mol. The molecule has 168 valence electrons. The Morgan fingerprint density at radius 1 is 1.03 bits per heavy atom. The summed E-state index contributed by atoms with van der Waals surface area (Å²) in [6.07, 6.45) is 0. The van der Waals surface area contributed by atoms with E-state index in [-0.39, 0.29) is 42.4 Å². The summed E-state index contributed by atoms with van der Waals surface area (Å²) in [7, 11) is -3.63. The van der Waals surface area contributed by atoms with Gasteiger partial charge in [-0.05, 0) is 25.1 Å². The Morgan fingerprint density at radius 3 is 2.38 bits per heavy atom. The molecule has 0 spiro atoms. The lowest BCUT2D eigenvalue weighted by Crippen LogP contribution is -2.51. The van der Waals surface area contributed by atoms with Crippen LogP contribution in [0.25, 0.3) is 11.0 Å². The number of piperazine rings is 1. The van der Waals surface area contributed by atoms with Crippen LogP contribution in [0.5, 0.6) is 0 Å². The van der Waals surface area contributed by atoms with Gasteiger partial charge in [0.25, 0.3) is 5.91 Å². The smallest absolute Gasteiger partial charge is 0.375 e. The number of sulfonamides is 1. The number of aryl methyl sites for hydroxylation is 1. The van der Waals surface area contributed by atoms with Gasteiger partial charge in [-0.25, -0.2) is 17.6 Å². The number of hydrogen-bond acceptors (Lipinski definition) is 6. The fourth-order valence-corrected chi connectivity index (χ4v) is 5.05. The number of hydrogen-bond donors (Lipinski definition) is 0. The largest absolute Gasteiger partial charge is 0.450 e. The predicted molar refractivity (Wildman–Crippen MR) is 113 cm³/mol. The highest BCUT2D eigenvalue weighted by molar-refractivity contribution is 7.89. The zero-order valence-corrected chi connectivity index (χ0v) is 18.1. The van der Waals surface area contributed by atoms with Gasteiger partial charge in [-0.15, -0.1) is 0 Å². The van der Waals surface area contributed by atoms with Crippen molar-refractivity contribution >= 4 is 32.9 Å². The molecule has 1 amide bonds. The van der Waals surface area contributed by atoms with E-state index in [4.69, 9.17) is 9.15 Å². The molecule has 0 unspecified atom stereocenters. The molecule has 1 aliphatic heterocycles. The summed E-state index contributed by atoms with van der Waals surface area (Å²) in [5, 5.41) is 0.457. The first-order valence-corrected chi connectivity index (χ1v) is 11.4. The Labute approximate surface area is 184 Å². The van der Waals surface area contributed by atoms with Crippen molar-refractivity contribution in [2.75, 3.05) is 32.8 Å². The third-order valence-corrected chi connectivity index (χ3v) is 7.31. The van der Waals surface area contributed by atoms with Gasteiger partial charge >= 0.3 is 5.97 Å². The fourth-order valence-electron chi connectivity index (χ4n) is 3.61. The monoisotopic (exact) mass is 460 g/mol. The number of para-hydroxylation sites is 1. The maximum absolute atomic E-state index is 13.9. The second kappa shape index (κ2) is 8.71. The molecule has 1 aromatic heterocycles. The Bertz CT molecular complexity index is 1260. The minimum atomic E-state index is -3.63. The van der Waals surface area contributed by atoms with Crippen molar-refractivity contribution in [2.24, 2.45) is 0 Å². The molecule has 2 heterocycles. The van der Waals surface area contributed by atoms with Crippen LogP contribution in [-0.4, -0.2) is 62.3 Å². The van der Waals surface area contributed by atoms with Gasteiger partial charge < -0.3 is 14.1 Å². The second-order valence-corrected chi connectivity index (χ2v) is 9.28. The third-order valence-electron chi connectivity index (χ3n) is 5.40. The molecule has 3 aromatic rings. The van der Waals surface area contributed by atoms with Crippen LogP contribution in [0, 0.1) is 12.7 Å². The van der Waals surface area contributed by atoms with Crippen LogP contribution in [0.4, 0.5) is 4.39 Å². The van der Waals surface area contributed by atoms with Crippen molar-refractivity contribution in [1.82, 2.24) is 9.21 Å². The topological polar surface area (TPSA) is 97.1 Å². The molecule has 0 N–H and O–H groups in total. The molecule has 8 nitrogen and oxygen atoms in total. The molecule has 1 aliphatic rings. The fraction of sp³-hybridized carbons (Fsp3) is 0.273. The van der Waals surface area contributed by atoms with E-state index in [1.807, 2.05) is 0 Å². The number of benzene rings is 2. The van der Waals surface area contributed by atoms with Gasteiger partial charge in [0.15, 0.2) is 18.0 Å². The molecule has 0 radical (unpaired) electrons. The molecule has 2 aromatic carbocycles. The zero-order valence-electron chi connectivity index (χ0n) is 17.3. The summed E-state index contributed by atoms with van der Waals surface area (Å²) in [4.78, 5) is 26.5. The Balaban J connectivity index is 1.34. The first-order chi connectivity index (χ1) is 15.3. The SMILES string of the molecule is Cc1c(C(=O)OCC(=O)N2CCN(S(=O)(=O)c3ccccc3)CC2)oc2c(F)cccc12. The van der Waals surface area contributed by atoms with Crippen LogP contribution in [0.15, 0.2) is 57.8 Å². The Hall–Kier alpha value is -3.24. The van der Waals surface area contributed by atoms with Gasteiger partial charge in [0.1, 0.15) is 0 Å². The number of ether oxygens (including phenoxy) is 1. The van der Waals surface area contributed by atoms with Crippen molar-refractivity contribution in [3.05, 3.63) is 65.7 Å². The van der Waals surface area contributed by atoms with E-state index in [9.17, 15) is 22.4 Å². The van der Waals surface area contributed by atoms with E-state index >= 15 is 0 Å². The summed E-state index contributed by atoms with van der Waals surface area (Å²) >= 11 is 0. The molecule has 1 fully saturated rings. The first kappa shape index (κ1) is 22.0. The van der Waals surface area contributed by atoms with Gasteiger partial charge in [0.2, 0.25) is 15.8 Å². The normalized spacial score (nSPS) is 15.1. The second-order valence-electron chi connectivity index (χ2n) is 7.35. The summed E-state index contributed by atoms with van der Waals surface area (Å²) in [5.74, 6) is -2.06. The maximum Gasteiger partial charge on any atom is 0.375 e. The lowest BCUT2D eigenvalue weighted by Gasteiger charge is -2.33. The van der Waals surface area contributed by atoms with E-state index in [0.717, 1.165) is 0 Å². The highest BCUT2D eigenvalue weighted by atomic mass is 32.2. The number of esters is 1. The highest BCUT2D eigenvalue weighted by Gasteiger charge is 2.30. The number of amides is 1. The molecular formula is C22H21FN2O6S. The third kappa shape index (κ3) is 4.11. The van der Waals surface area contributed by atoms with Crippen LogP contribution >= 0.6 is 0 Å². The minimum Gasteiger partial charge on any atom is -0.450 e.